The summed E-state index contributed by atoms with van der Waals surface area (Å²) in [6, 6.07) is 6.52. The number of carbonyl (C=O) groups is 1. The minimum Gasteiger partial charge on any atom is -0.761 e. The molecule has 0 unspecified atom stereocenters. The van der Waals surface area contributed by atoms with Gasteiger partial charge < -0.3 is 10.7 Å². The first-order valence-corrected chi connectivity index (χ1v) is 6.00. The molecule has 7 heteroatoms. The average molecular weight is 295 g/mol. The number of nitrogens with one attached hydrogen (secondary N) is 1. The van der Waals surface area contributed by atoms with Crippen LogP contribution in [0.2, 0.25) is 5.02 Å². The molecule has 20 heavy (non-hydrogen) atoms. The van der Waals surface area contributed by atoms with Gasteiger partial charge in [-0.3, -0.25) is 9.69 Å². The zero-order chi connectivity index (χ0) is 14.7. The number of rotatable bonds is 3. The Labute approximate surface area is 119 Å². The van der Waals surface area contributed by atoms with E-state index in [0.29, 0.717) is 0 Å². The number of amides is 1. The van der Waals surface area contributed by atoms with E-state index in [0.717, 1.165) is 6.07 Å². The van der Waals surface area contributed by atoms with Crippen LogP contribution in [0.4, 0.5) is 21.6 Å². The van der Waals surface area contributed by atoms with Crippen molar-refractivity contribution in [1.82, 2.24) is 4.98 Å². The molecule has 0 atom stereocenters. The van der Waals surface area contributed by atoms with Gasteiger partial charge in [0.1, 0.15) is 11.6 Å². The molecule has 1 heterocycles. The molecule has 0 aliphatic carbocycles. The summed E-state index contributed by atoms with van der Waals surface area (Å²) >= 11 is 5.95. The quantitative estimate of drug-likeness (QED) is 0.880. The van der Waals surface area contributed by atoms with Gasteiger partial charge in [0.05, 0.1) is 10.7 Å². The number of hydrogen-bond acceptors (Lipinski definition) is 4. The van der Waals surface area contributed by atoms with Gasteiger partial charge in [-0.05, 0) is 24.3 Å². The molecule has 1 N–H and O–H groups in total. The topological polar surface area (TPSA) is 68.3 Å². The molecule has 104 valence electrons. The van der Waals surface area contributed by atoms with Crippen LogP contribution in [0.25, 0.3) is 0 Å². The van der Waals surface area contributed by atoms with Gasteiger partial charge in [-0.15, -0.1) is 0 Å². The first-order valence-electron chi connectivity index (χ1n) is 5.63. The number of pyridine rings is 1. The van der Waals surface area contributed by atoms with Crippen LogP contribution < -0.4 is 10.4 Å². The Morgan fingerprint density at radius 3 is 2.75 bits per heavy atom. The van der Waals surface area contributed by atoms with Crippen molar-refractivity contribution in [2.24, 2.45) is 0 Å². The second-order valence-electron chi connectivity index (χ2n) is 3.95. The number of anilines is 3. The summed E-state index contributed by atoms with van der Waals surface area (Å²) in [5.41, 5.74) is 2.25. The average Bonchev–Trinajstić information content (AvgIpc) is 2.41. The molecule has 2 aromatic rings. The van der Waals surface area contributed by atoms with E-state index < -0.39 is 5.82 Å². The standard InChI is InChI=1S/C13H10ClFN3O2/c1-8(19)18(12-3-2-9(15)6-11(12)14)13-7-10(17-20)4-5-16-13/h2-7H,1H3,(H-,16,17,20)/q-1. The lowest BCUT2D eigenvalue weighted by atomic mass is 10.2. The van der Waals surface area contributed by atoms with Crippen molar-refractivity contribution >= 4 is 34.7 Å². The highest BCUT2D eigenvalue weighted by Gasteiger charge is 2.18. The first-order chi connectivity index (χ1) is 9.52. The lowest BCUT2D eigenvalue weighted by molar-refractivity contribution is -0.115. The molecule has 5 nitrogen and oxygen atoms in total. The van der Waals surface area contributed by atoms with Crippen molar-refractivity contribution in [1.29, 1.82) is 0 Å². The van der Waals surface area contributed by atoms with Crippen LogP contribution >= 0.6 is 11.6 Å². The van der Waals surface area contributed by atoms with E-state index in [1.165, 1.54) is 42.3 Å². The predicted molar refractivity (Wildman–Crippen MR) is 75.5 cm³/mol. The van der Waals surface area contributed by atoms with Crippen LogP contribution in [-0.4, -0.2) is 10.9 Å². The summed E-state index contributed by atoms with van der Waals surface area (Å²) in [5, 5.41) is 10.7. The van der Waals surface area contributed by atoms with Crippen LogP contribution in [0.5, 0.6) is 0 Å². The van der Waals surface area contributed by atoms with Crippen LogP contribution in [-0.2, 0) is 4.79 Å². The van der Waals surface area contributed by atoms with Gasteiger partial charge in [0.15, 0.2) is 0 Å². The van der Waals surface area contributed by atoms with Crippen LogP contribution in [0.1, 0.15) is 6.92 Å². The van der Waals surface area contributed by atoms with Crippen molar-refractivity contribution in [3.63, 3.8) is 0 Å². The Hall–Kier alpha value is -2.18. The Morgan fingerprint density at radius 2 is 2.15 bits per heavy atom. The Balaban J connectivity index is 2.53. The fourth-order valence-corrected chi connectivity index (χ4v) is 1.97. The lowest BCUT2D eigenvalue weighted by Gasteiger charge is -2.22. The molecule has 1 aromatic carbocycles. The van der Waals surface area contributed by atoms with Crippen molar-refractivity contribution in [3.05, 3.63) is 52.6 Å². The van der Waals surface area contributed by atoms with Crippen LogP contribution in [0.3, 0.4) is 0 Å². The Kier molecular flexibility index (Phi) is 4.16. The highest BCUT2D eigenvalue weighted by atomic mass is 35.5. The van der Waals surface area contributed by atoms with E-state index in [1.54, 1.807) is 5.48 Å². The van der Waals surface area contributed by atoms with E-state index in [2.05, 4.69) is 4.98 Å². The van der Waals surface area contributed by atoms with Crippen molar-refractivity contribution in [2.75, 3.05) is 10.4 Å². The molecule has 2 rings (SSSR count). The normalized spacial score (nSPS) is 10.2. The summed E-state index contributed by atoms with van der Waals surface area (Å²) in [7, 11) is 0. The molecule has 0 aliphatic rings. The molecule has 1 aromatic heterocycles. The van der Waals surface area contributed by atoms with Gasteiger partial charge in [0, 0.05) is 24.9 Å². The number of halogens is 2. The first kappa shape index (κ1) is 14.2. The number of aromatic nitrogens is 1. The maximum atomic E-state index is 13.1. The SMILES string of the molecule is CC(=O)N(c1cc(N[O-])ccn1)c1ccc(F)cc1Cl. The summed E-state index contributed by atoms with van der Waals surface area (Å²) < 4.78 is 13.1. The van der Waals surface area contributed by atoms with Gasteiger partial charge in [0.25, 0.3) is 0 Å². The van der Waals surface area contributed by atoms with Crippen LogP contribution in [0.15, 0.2) is 36.5 Å². The summed E-state index contributed by atoms with van der Waals surface area (Å²) in [6.45, 7) is 1.32. The fraction of sp³-hybridized carbons (Fsp3) is 0.0769. The largest absolute Gasteiger partial charge is 0.761 e. The number of nitrogens with zero attached hydrogens (tertiary/aromatic N) is 2. The van der Waals surface area contributed by atoms with Crippen molar-refractivity contribution < 1.29 is 9.18 Å². The maximum Gasteiger partial charge on any atom is 0.229 e. The number of carbonyl (C=O) groups excluding carboxylic acids is 1. The highest BCUT2D eigenvalue weighted by molar-refractivity contribution is 6.34. The minimum absolute atomic E-state index is 0.0717. The molecule has 0 aliphatic heterocycles. The lowest BCUT2D eigenvalue weighted by Crippen LogP contribution is -2.24. The van der Waals surface area contributed by atoms with Gasteiger partial charge in [-0.2, -0.15) is 0 Å². The molecule has 0 saturated heterocycles. The molecular weight excluding hydrogens is 285 g/mol. The summed E-state index contributed by atoms with van der Waals surface area (Å²) in [4.78, 5) is 17.0. The third-order valence-corrected chi connectivity index (χ3v) is 2.86. The Morgan fingerprint density at radius 1 is 1.40 bits per heavy atom. The zero-order valence-electron chi connectivity index (χ0n) is 10.4. The molecule has 0 saturated carbocycles. The molecule has 0 spiro atoms. The van der Waals surface area contributed by atoms with Gasteiger partial charge >= 0.3 is 0 Å². The zero-order valence-corrected chi connectivity index (χ0v) is 11.2. The third-order valence-electron chi connectivity index (χ3n) is 2.56. The smallest absolute Gasteiger partial charge is 0.229 e. The van der Waals surface area contributed by atoms with E-state index in [9.17, 15) is 14.4 Å². The van der Waals surface area contributed by atoms with Gasteiger partial charge in [-0.1, -0.05) is 11.6 Å². The maximum absolute atomic E-state index is 13.1. The highest BCUT2D eigenvalue weighted by Crippen LogP contribution is 2.32. The third kappa shape index (κ3) is 2.87. The molecule has 0 fully saturated rings. The number of hydrogen-bond donors (Lipinski definition) is 1. The van der Waals surface area contributed by atoms with Crippen LogP contribution in [0, 0.1) is 11.0 Å². The van der Waals surface area contributed by atoms with Gasteiger partial charge in [0.2, 0.25) is 5.91 Å². The molecule has 0 radical (unpaired) electrons. The van der Waals surface area contributed by atoms with Gasteiger partial charge in [-0.25, -0.2) is 9.37 Å². The van der Waals surface area contributed by atoms with E-state index in [-0.39, 0.29) is 28.1 Å². The van der Waals surface area contributed by atoms with Crippen molar-refractivity contribution in [2.45, 2.75) is 6.92 Å². The van der Waals surface area contributed by atoms with E-state index in [4.69, 9.17) is 11.6 Å². The van der Waals surface area contributed by atoms with E-state index in [1.807, 2.05) is 0 Å². The molecule has 0 bridgehead atoms. The fourth-order valence-electron chi connectivity index (χ4n) is 1.72. The van der Waals surface area contributed by atoms with E-state index >= 15 is 0 Å². The number of benzene rings is 1. The summed E-state index contributed by atoms with van der Waals surface area (Å²) in [6.07, 6.45) is 1.38. The molecular formula is C13H10ClFN3O2-. The Bertz CT molecular complexity index is 651. The molecule has 1 amide bonds. The monoisotopic (exact) mass is 294 g/mol. The second-order valence-corrected chi connectivity index (χ2v) is 4.36. The predicted octanol–water partition coefficient (Wildman–Crippen LogP) is 3.47. The van der Waals surface area contributed by atoms with Crippen molar-refractivity contribution in [3.8, 4) is 0 Å². The summed E-state index contributed by atoms with van der Waals surface area (Å²) in [5.74, 6) is -0.661. The second kappa shape index (κ2) is 5.85. The minimum atomic E-state index is -0.509.